The number of carbonyl (C=O) groups is 2. The summed E-state index contributed by atoms with van der Waals surface area (Å²) in [5.74, 6) is -0.481. The van der Waals surface area contributed by atoms with Crippen molar-refractivity contribution in [3.63, 3.8) is 0 Å². The lowest BCUT2D eigenvalue weighted by Crippen LogP contribution is -2.87. The van der Waals surface area contributed by atoms with Gasteiger partial charge in [-0.1, -0.05) is 30.3 Å². The number of ether oxygens (including phenoxy) is 1. The van der Waals surface area contributed by atoms with Gasteiger partial charge >= 0.3 is 18.3 Å². The number of aromatic nitrogens is 1. The van der Waals surface area contributed by atoms with Crippen molar-refractivity contribution in [1.82, 2.24) is 4.57 Å². The van der Waals surface area contributed by atoms with Gasteiger partial charge in [0.25, 0.3) is 5.56 Å². The molecule has 0 saturated heterocycles. The Morgan fingerprint density at radius 2 is 1.62 bits per heavy atom. The zero-order valence-electron chi connectivity index (χ0n) is 20.4. The number of carbonyl (C=O) groups excluding carboxylic acids is 2. The third kappa shape index (κ3) is 4.97. The predicted molar refractivity (Wildman–Crippen MR) is 131 cm³/mol. The van der Waals surface area contributed by atoms with Crippen LogP contribution in [0.25, 0.3) is 22.0 Å². The number of halogens is 6. The van der Waals surface area contributed by atoms with Crippen LogP contribution in [0, 0.1) is 0 Å². The van der Waals surface area contributed by atoms with Crippen molar-refractivity contribution < 1.29 is 46.0 Å². The fourth-order valence-corrected chi connectivity index (χ4v) is 4.80. The van der Waals surface area contributed by atoms with Gasteiger partial charge < -0.3 is 9.30 Å². The summed E-state index contributed by atoms with van der Waals surface area (Å²) in [6, 6.07) is 12.2. The summed E-state index contributed by atoms with van der Waals surface area (Å²) in [4.78, 5) is 38.7. The molecule has 0 saturated carbocycles. The first-order valence-corrected chi connectivity index (χ1v) is 11.9. The van der Waals surface area contributed by atoms with Crippen LogP contribution in [-0.4, -0.2) is 23.4 Å². The summed E-state index contributed by atoms with van der Waals surface area (Å²) >= 11 is 0. The SMILES string of the molecule is O=Cc1cccc(-c2c(C(=O)[NH2+]Cc3cc(C(F)(F)F)cc(C(F)(F)F)c3)c(=O)n3c4c(cccc24)OCC3)c1. The third-order valence-corrected chi connectivity index (χ3v) is 6.55. The van der Waals surface area contributed by atoms with Crippen LogP contribution in [-0.2, 0) is 25.4 Å². The van der Waals surface area contributed by atoms with Crippen molar-refractivity contribution in [1.29, 1.82) is 0 Å². The summed E-state index contributed by atoms with van der Waals surface area (Å²) in [7, 11) is 0. The van der Waals surface area contributed by atoms with Crippen LogP contribution in [0.4, 0.5) is 26.3 Å². The van der Waals surface area contributed by atoms with Gasteiger partial charge in [-0.15, -0.1) is 0 Å². The normalized spacial score (nSPS) is 13.2. The molecule has 1 aliphatic heterocycles. The lowest BCUT2D eigenvalue weighted by atomic mass is 9.93. The monoisotopic (exact) mass is 561 g/mol. The van der Waals surface area contributed by atoms with Crippen LogP contribution in [0.3, 0.4) is 0 Å². The fraction of sp³-hybridized carbons (Fsp3) is 0.179. The number of amides is 1. The number of aldehydes is 1. The van der Waals surface area contributed by atoms with E-state index in [2.05, 4.69) is 0 Å². The number of quaternary nitrogens is 1. The molecule has 0 unspecified atom stereocenters. The molecule has 40 heavy (non-hydrogen) atoms. The molecule has 2 heterocycles. The average molecular weight is 561 g/mol. The maximum absolute atomic E-state index is 13.7. The van der Waals surface area contributed by atoms with E-state index in [9.17, 15) is 40.7 Å². The molecule has 0 spiro atoms. The zero-order chi connectivity index (χ0) is 28.8. The molecule has 0 aliphatic carbocycles. The summed E-state index contributed by atoms with van der Waals surface area (Å²) in [6.45, 7) is -0.335. The molecule has 2 N–H and O–H groups in total. The second-order valence-corrected chi connectivity index (χ2v) is 9.14. The van der Waals surface area contributed by atoms with Gasteiger partial charge in [0.2, 0.25) is 0 Å². The van der Waals surface area contributed by atoms with Gasteiger partial charge in [-0.05, 0) is 35.9 Å². The van der Waals surface area contributed by atoms with Gasteiger partial charge in [-0.3, -0.25) is 14.9 Å². The molecule has 206 valence electrons. The molecule has 0 atom stereocenters. The number of benzene rings is 3. The highest BCUT2D eigenvalue weighted by Crippen LogP contribution is 2.37. The molecule has 6 nitrogen and oxygen atoms in total. The second kappa shape index (κ2) is 9.94. The van der Waals surface area contributed by atoms with E-state index in [-0.39, 0.29) is 35.9 Å². The first kappa shape index (κ1) is 27.1. The third-order valence-electron chi connectivity index (χ3n) is 6.55. The van der Waals surface area contributed by atoms with Crippen LogP contribution >= 0.6 is 0 Å². The molecule has 1 amide bonds. The van der Waals surface area contributed by atoms with Crippen LogP contribution in [0.15, 0.2) is 65.5 Å². The van der Waals surface area contributed by atoms with Crippen LogP contribution in [0.1, 0.15) is 37.4 Å². The average Bonchev–Trinajstić information content (AvgIpc) is 2.92. The standard InChI is InChI=1S/C28H18F6N2O4/c29-27(30,31)18-10-16(11-19(12-18)28(32,33)34)13-35-25(38)23-22(17-4-1-3-15(9-17)14-37)20-5-2-6-21-24(20)36(26(23)39)7-8-40-21/h1-6,9-12,14H,7-8,13H2,(H,35,38)/p+1. The number of alkyl halides is 6. The van der Waals surface area contributed by atoms with Gasteiger partial charge in [0, 0.05) is 22.1 Å². The number of pyridine rings is 1. The number of hydrogen-bond donors (Lipinski definition) is 1. The molecule has 0 fully saturated rings. The summed E-state index contributed by atoms with van der Waals surface area (Å²) < 4.78 is 86.8. The van der Waals surface area contributed by atoms with Crippen molar-refractivity contribution in [2.24, 2.45) is 0 Å². The Morgan fingerprint density at radius 3 is 2.27 bits per heavy atom. The molecule has 1 aromatic heterocycles. The molecular weight excluding hydrogens is 542 g/mol. The van der Waals surface area contributed by atoms with E-state index < -0.39 is 47.1 Å². The largest absolute Gasteiger partial charge is 0.490 e. The Labute approximate surface area is 221 Å². The van der Waals surface area contributed by atoms with Crippen LogP contribution in [0.5, 0.6) is 5.75 Å². The highest BCUT2D eigenvalue weighted by molar-refractivity contribution is 6.07. The topological polar surface area (TPSA) is 82.0 Å². The van der Waals surface area contributed by atoms with Gasteiger partial charge in [0.15, 0.2) is 5.56 Å². The van der Waals surface area contributed by atoms with Gasteiger partial charge in [-0.2, -0.15) is 26.3 Å². The summed E-state index contributed by atoms with van der Waals surface area (Å²) in [5, 5.41) is 1.34. The molecule has 5 rings (SSSR count). The van der Waals surface area contributed by atoms with Crippen molar-refractivity contribution in [2.45, 2.75) is 25.4 Å². The predicted octanol–water partition coefficient (Wildman–Crippen LogP) is 4.81. The van der Waals surface area contributed by atoms with Crippen molar-refractivity contribution in [2.75, 3.05) is 6.61 Å². The van der Waals surface area contributed by atoms with E-state index >= 15 is 0 Å². The second-order valence-electron chi connectivity index (χ2n) is 9.14. The Morgan fingerprint density at radius 1 is 0.950 bits per heavy atom. The number of nitrogens with two attached hydrogens (primary N) is 1. The Kier molecular flexibility index (Phi) is 6.74. The maximum atomic E-state index is 13.7. The Balaban J connectivity index is 1.64. The molecule has 3 aromatic carbocycles. The van der Waals surface area contributed by atoms with E-state index in [1.807, 2.05) is 0 Å². The molecule has 12 heteroatoms. The number of rotatable bonds is 5. The van der Waals surface area contributed by atoms with Crippen LogP contribution < -0.4 is 15.6 Å². The summed E-state index contributed by atoms with van der Waals surface area (Å²) in [5.41, 5.74) is -3.22. The van der Waals surface area contributed by atoms with Gasteiger partial charge in [-0.25, -0.2) is 4.79 Å². The number of hydrogen-bond acceptors (Lipinski definition) is 4. The van der Waals surface area contributed by atoms with Gasteiger partial charge in [0.05, 0.1) is 23.2 Å². The van der Waals surface area contributed by atoms with Crippen LogP contribution in [0.2, 0.25) is 0 Å². The van der Waals surface area contributed by atoms with E-state index in [1.54, 1.807) is 30.3 Å². The smallest absolute Gasteiger partial charge is 0.416 e. The van der Waals surface area contributed by atoms with Crippen molar-refractivity contribution >= 4 is 23.1 Å². The van der Waals surface area contributed by atoms with Crippen molar-refractivity contribution in [3.05, 3.63) is 98.8 Å². The Bertz CT molecular complexity index is 1690. The minimum absolute atomic E-state index is 0.00355. The van der Waals surface area contributed by atoms with Gasteiger partial charge in [0.1, 0.15) is 25.2 Å². The summed E-state index contributed by atoms with van der Waals surface area (Å²) in [6.07, 6.45) is -9.50. The number of para-hydroxylation sites is 1. The first-order valence-electron chi connectivity index (χ1n) is 11.9. The lowest BCUT2D eigenvalue weighted by molar-refractivity contribution is -0.571. The highest BCUT2D eigenvalue weighted by atomic mass is 19.4. The van der Waals surface area contributed by atoms with E-state index in [0.717, 1.165) is 5.32 Å². The lowest BCUT2D eigenvalue weighted by Gasteiger charge is -2.23. The molecular formula is C28H19F6N2O4+. The Hall–Kier alpha value is -4.45. The maximum Gasteiger partial charge on any atom is 0.416 e. The minimum Gasteiger partial charge on any atom is -0.490 e. The fourth-order valence-electron chi connectivity index (χ4n) is 4.80. The minimum atomic E-state index is -5.05. The number of primary amides is 1. The zero-order valence-corrected chi connectivity index (χ0v) is 20.4. The quantitative estimate of drug-likeness (QED) is 0.280. The highest BCUT2D eigenvalue weighted by Gasteiger charge is 2.37. The molecule has 0 radical (unpaired) electrons. The van der Waals surface area contributed by atoms with E-state index in [4.69, 9.17) is 4.74 Å². The van der Waals surface area contributed by atoms with E-state index in [0.29, 0.717) is 40.6 Å². The molecule has 0 bridgehead atoms. The van der Waals surface area contributed by atoms with Crippen molar-refractivity contribution in [3.8, 4) is 16.9 Å². The van der Waals surface area contributed by atoms with E-state index in [1.165, 1.54) is 16.7 Å². The number of nitrogens with zero attached hydrogens (tertiary/aromatic N) is 1. The molecule has 1 aliphatic rings. The first-order chi connectivity index (χ1) is 18.9. The molecule has 4 aromatic rings.